The number of fused-ring (bicyclic) bond motifs is 3. The maximum Gasteiger partial charge on any atom is 0.334 e. The smallest absolute Gasteiger partial charge is 0.334 e. The summed E-state index contributed by atoms with van der Waals surface area (Å²) in [6.07, 6.45) is 1.94. The minimum absolute atomic E-state index is 0.00685. The average molecular weight is 200 g/mol. The minimum atomic E-state index is -0.147. The third kappa shape index (κ3) is 1.14. The molecule has 0 fully saturated rings. The number of esters is 1. The maximum atomic E-state index is 11.5. The minimum Gasteiger partial charge on any atom is -0.454 e. The first kappa shape index (κ1) is 8.72. The Morgan fingerprint density at radius 3 is 3.00 bits per heavy atom. The van der Waals surface area contributed by atoms with E-state index < -0.39 is 0 Å². The molecule has 3 rings (SSSR count). The van der Waals surface area contributed by atoms with E-state index >= 15 is 0 Å². The topological polar surface area (TPSA) is 26.3 Å². The van der Waals surface area contributed by atoms with Crippen molar-refractivity contribution in [2.45, 2.75) is 25.9 Å². The largest absolute Gasteiger partial charge is 0.454 e. The van der Waals surface area contributed by atoms with E-state index in [1.165, 1.54) is 11.1 Å². The molecular weight excluding hydrogens is 188 g/mol. The van der Waals surface area contributed by atoms with Gasteiger partial charge in [0.15, 0.2) is 0 Å². The Morgan fingerprint density at radius 1 is 1.33 bits per heavy atom. The molecule has 1 aromatic rings. The van der Waals surface area contributed by atoms with Crippen molar-refractivity contribution in [3.05, 3.63) is 41.0 Å². The fourth-order valence-electron chi connectivity index (χ4n) is 2.49. The number of rotatable bonds is 0. The summed E-state index contributed by atoms with van der Waals surface area (Å²) in [4.78, 5) is 11.5. The molecule has 2 heteroatoms. The molecular formula is C13H12O2. The van der Waals surface area contributed by atoms with Crippen LogP contribution in [-0.4, -0.2) is 12.1 Å². The summed E-state index contributed by atoms with van der Waals surface area (Å²) in [5.41, 5.74) is 4.44. The van der Waals surface area contributed by atoms with Gasteiger partial charge in [-0.05, 0) is 30.9 Å². The van der Waals surface area contributed by atoms with Crippen LogP contribution in [0, 0.1) is 0 Å². The van der Waals surface area contributed by atoms with Crippen molar-refractivity contribution in [3.8, 4) is 0 Å². The van der Waals surface area contributed by atoms with Crippen LogP contribution in [0.2, 0.25) is 0 Å². The van der Waals surface area contributed by atoms with Gasteiger partial charge in [-0.3, -0.25) is 0 Å². The van der Waals surface area contributed by atoms with Gasteiger partial charge in [-0.1, -0.05) is 24.3 Å². The Morgan fingerprint density at radius 2 is 2.13 bits per heavy atom. The van der Waals surface area contributed by atoms with Gasteiger partial charge in [-0.15, -0.1) is 0 Å². The van der Waals surface area contributed by atoms with Gasteiger partial charge in [0.2, 0.25) is 0 Å². The molecule has 1 heterocycles. The third-order valence-corrected chi connectivity index (χ3v) is 3.26. The van der Waals surface area contributed by atoms with Crippen LogP contribution in [0.3, 0.4) is 0 Å². The summed E-state index contributed by atoms with van der Waals surface area (Å²) < 4.78 is 5.32. The highest BCUT2D eigenvalue weighted by Crippen LogP contribution is 2.39. The molecule has 2 aliphatic rings. The Kier molecular flexibility index (Phi) is 1.72. The van der Waals surface area contributed by atoms with Crippen LogP contribution >= 0.6 is 0 Å². The van der Waals surface area contributed by atoms with E-state index in [1.807, 2.05) is 19.1 Å². The first-order valence-corrected chi connectivity index (χ1v) is 5.27. The molecule has 0 spiro atoms. The molecule has 0 saturated carbocycles. The van der Waals surface area contributed by atoms with Gasteiger partial charge in [0.25, 0.3) is 0 Å². The van der Waals surface area contributed by atoms with Crippen LogP contribution in [0.4, 0.5) is 0 Å². The van der Waals surface area contributed by atoms with E-state index in [1.54, 1.807) is 0 Å². The van der Waals surface area contributed by atoms with Crippen molar-refractivity contribution in [1.29, 1.82) is 0 Å². The number of carbonyl (C=O) groups excluding carboxylic acids is 1. The number of benzene rings is 1. The average Bonchev–Trinajstić information content (AvgIpc) is 2.55. The molecule has 2 nitrogen and oxygen atoms in total. The second-order valence-electron chi connectivity index (χ2n) is 4.13. The van der Waals surface area contributed by atoms with Crippen LogP contribution < -0.4 is 0 Å². The summed E-state index contributed by atoms with van der Waals surface area (Å²) in [6.45, 7) is 1.86. The van der Waals surface area contributed by atoms with Gasteiger partial charge in [-0.25, -0.2) is 4.79 Å². The predicted octanol–water partition coefficient (Wildman–Crippen LogP) is 2.33. The van der Waals surface area contributed by atoms with E-state index in [0.29, 0.717) is 0 Å². The van der Waals surface area contributed by atoms with Crippen molar-refractivity contribution in [3.63, 3.8) is 0 Å². The van der Waals surface area contributed by atoms with Crippen LogP contribution in [-0.2, 0) is 16.0 Å². The molecule has 0 bridgehead atoms. The van der Waals surface area contributed by atoms with Crippen molar-refractivity contribution < 1.29 is 9.53 Å². The molecule has 1 aliphatic carbocycles. The Hall–Kier alpha value is -1.57. The molecule has 1 aliphatic heterocycles. The number of aryl methyl sites for hydroxylation is 1. The van der Waals surface area contributed by atoms with Crippen molar-refractivity contribution in [2.24, 2.45) is 0 Å². The SMILES string of the molecule is CC1=C2c3ccccc3CCC2OC1=O. The van der Waals surface area contributed by atoms with E-state index in [9.17, 15) is 4.79 Å². The molecule has 1 unspecified atom stereocenters. The number of carbonyl (C=O) groups is 1. The summed E-state index contributed by atoms with van der Waals surface area (Å²) in [7, 11) is 0. The number of ether oxygens (including phenoxy) is 1. The molecule has 0 radical (unpaired) electrons. The maximum absolute atomic E-state index is 11.5. The van der Waals surface area contributed by atoms with Crippen molar-refractivity contribution in [2.75, 3.05) is 0 Å². The van der Waals surface area contributed by atoms with Crippen molar-refractivity contribution in [1.82, 2.24) is 0 Å². The van der Waals surface area contributed by atoms with E-state index in [4.69, 9.17) is 4.74 Å². The Bertz CT molecular complexity index is 471. The molecule has 0 amide bonds. The summed E-state index contributed by atoms with van der Waals surface area (Å²) >= 11 is 0. The molecule has 15 heavy (non-hydrogen) atoms. The molecule has 76 valence electrons. The lowest BCUT2D eigenvalue weighted by atomic mass is 9.84. The van der Waals surface area contributed by atoms with Crippen LogP contribution in [0.5, 0.6) is 0 Å². The highest BCUT2D eigenvalue weighted by molar-refractivity contribution is 6.03. The zero-order chi connectivity index (χ0) is 10.4. The molecule has 0 saturated heterocycles. The second kappa shape index (κ2) is 2.96. The van der Waals surface area contributed by atoms with Gasteiger partial charge < -0.3 is 4.74 Å². The number of hydrogen-bond acceptors (Lipinski definition) is 2. The zero-order valence-electron chi connectivity index (χ0n) is 8.62. The lowest BCUT2D eigenvalue weighted by Gasteiger charge is -2.22. The van der Waals surface area contributed by atoms with Gasteiger partial charge in [0.1, 0.15) is 6.10 Å². The molecule has 0 N–H and O–H groups in total. The van der Waals surface area contributed by atoms with Crippen LogP contribution in [0.15, 0.2) is 29.8 Å². The quantitative estimate of drug-likeness (QED) is 0.601. The van der Waals surface area contributed by atoms with E-state index in [2.05, 4.69) is 12.1 Å². The fraction of sp³-hybridized carbons (Fsp3) is 0.308. The predicted molar refractivity (Wildman–Crippen MR) is 57.2 cm³/mol. The Balaban J connectivity index is 2.23. The monoisotopic (exact) mass is 200 g/mol. The van der Waals surface area contributed by atoms with Gasteiger partial charge in [-0.2, -0.15) is 0 Å². The second-order valence-corrected chi connectivity index (χ2v) is 4.13. The highest BCUT2D eigenvalue weighted by atomic mass is 16.5. The van der Waals surface area contributed by atoms with Crippen LogP contribution in [0.25, 0.3) is 5.57 Å². The van der Waals surface area contributed by atoms with Gasteiger partial charge >= 0.3 is 5.97 Å². The van der Waals surface area contributed by atoms with E-state index in [-0.39, 0.29) is 12.1 Å². The van der Waals surface area contributed by atoms with Crippen LogP contribution in [0.1, 0.15) is 24.5 Å². The normalized spacial score (nSPS) is 23.5. The lowest BCUT2D eigenvalue weighted by Crippen LogP contribution is -2.17. The molecule has 1 aromatic carbocycles. The summed E-state index contributed by atoms with van der Waals surface area (Å²) in [5, 5.41) is 0. The van der Waals surface area contributed by atoms with Gasteiger partial charge in [0.05, 0.1) is 0 Å². The molecule has 1 atom stereocenters. The van der Waals surface area contributed by atoms with Crippen molar-refractivity contribution >= 4 is 11.5 Å². The standard InChI is InChI=1S/C13H12O2/c1-8-12-10-5-3-2-4-9(10)6-7-11(12)15-13(8)14/h2-5,11H,6-7H2,1H3. The van der Waals surface area contributed by atoms with E-state index in [0.717, 1.165) is 24.0 Å². The summed E-state index contributed by atoms with van der Waals surface area (Å²) in [6, 6.07) is 8.29. The lowest BCUT2D eigenvalue weighted by molar-refractivity contribution is -0.139. The Labute approximate surface area is 88.6 Å². The molecule has 0 aromatic heterocycles. The third-order valence-electron chi connectivity index (χ3n) is 3.26. The zero-order valence-corrected chi connectivity index (χ0v) is 8.62. The number of hydrogen-bond donors (Lipinski definition) is 0. The highest BCUT2D eigenvalue weighted by Gasteiger charge is 2.35. The van der Waals surface area contributed by atoms with Gasteiger partial charge in [0, 0.05) is 11.1 Å². The fourth-order valence-corrected chi connectivity index (χ4v) is 2.49. The first-order chi connectivity index (χ1) is 7.27. The summed E-state index contributed by atoms with van der Waals surface area (Å²) in [5.74, 6) is -0.147. The first-order valence-electron chi connectivity index (χ1n) is 5.27.